The van der Waals surface area contributed by atoms with E-state index in [1.54, 1.807) is 68.2 Å². The van der Waals surface area contributed by atoms with Crippen LogP contribution in [0.3, 0.4) is 0 Å². The molecule has 3 aromatic carbocycles. The Kier molecular flexibility index (Phi) is 61.3. The van der Waals surface area contributed by atoms with Crippen molar-refractivity contribution in [1.29, 1.82) is 0 Å². The van der Waals surface area contributed by atoms with Gasteiger partial charge in [-0.15, -0.1) is 0 Å². The number of halogens is 6. The summed E-state index contributed by atoms with van der Waals surface area (Å²) >= 11 is 15.1. The third-order valence-electron chi connectivity index (χ3n) is 11.3. The molecule has 19 nitrogen and oxygen atoms in total. The second-order valence-corrected chi connectivity index (χ2v) is 24.9. The number of methoxy groups -OCH3 is 1. The highest BCUT2D eigenvalue weighted by Crippen LogP contribution is 2.45. The number of amides is 2. The molecule has 1 saturated heterocycles. The molecule has 26 heteroatoms. The number of alkyl halides is 6. The third kappa shape index (κ3) is 66.3. The molecule has 1 atom stereocenters. The first kappa shape index (κ1) is 98.5. The molecule has 2 aliphatic carbocycles. The molecule has 1 N–H and O–H groups in total. The van der Waals surface area contributed by atoms with E-state index < -0.39 is 29.1 Å². The highest BCUT2D eigenvalue weighted by molar-refractivity contribution is 7.52. The maximum Gasteiger partial charge on any atom is 0.449 e. The Morgan fingerprint density at radius 3 is 1.45 bits per heavy atom. The second-order valence-electron chi connectivity index (χ2n) is 20.5. The molecular weight excluding hydrogens is 1300 g/mol. The molecule has 4 aromatic rings. The number of carbonyl (C=O) groups is 9. The van der Waals surface area contributed by atoms with Gasteiger partial charge in [0.25, 0.3) is 0 Å². The molecule has 1 aromatic heterocycles. The van der Waals surface area contributed by atoms with Gasteiger partial charge in [0.15, 0.2) is 11.6 Å². The Morgan fingerprint density at radius 1 is 0.731 bits per heavy atom. The van der Waals surface area contributed by atoms with Crippen molar-refractivity contribution in [2.45, 2.75) is 179 Å². The summed E-state index contributed by atoms with van der Waals surface area (Å²) in [4.78, 5) is 97.1. The fraction of sp³-hybridized carbons (Fsp3) is 0.582. The monoisotopic (exact) mass is 1400 g/mol. The van der Waals surface area contributed by atoms with Gasteiger partial charge in [-0.25, -0.2) is 4.98 Å². The zero-order chi connectivity index (χ0) is 73.6. The summed E-state index contributed by atoms with van der Waals surface area (Å²) in [6.45, 7) is 33.4. The van der Waals surface area contributed by atoms with Gasteiger partial charge < -0.3 is 38.3 Å². The molecule has 2 heterocycles. The van der Waals surface area contributed by atoms with Gasteiger partial charge >= 0.3 is 13.8 Å². The number of nitrogens with one attached hydrogen (secondary N) is 1. The summed E-state index contributed by atoms with van der Waals surface area (Å²) in [6, 6.07) is 23.1. The molecule has 1 unspecified atom stereocenters. The minimum absolute atomic E-state index is 0.0116. The lowest BCUT2D eigenvalue weighted by atomic mass is 10.0. The number of fused-ring (bicyclic) bond motifs is 1. The van der Waals surface area contributed by atoms with Crippen LogP contribution < -0.4 is 5.32 Å². The molecule has 2 amide bonds. The van der Waals surface area contributed by atoms with Crippen LogP contribution in [-0.4, -0.2) is 150 Å². The predicted molar refractivity (Wildman–Crippen MR) is 369 cm³/mol. The smallest absolute Gasteiger partial charge is 0.382 e. The number of nitrogens with zero attached hydrogens (tertiary/aromatic N) is 3. The van der Waals surface area contributed by atoms with Crippen LogP contribution in [0.5, 0.6) is 0 Å². The summed E-state index contributed by atoms with van der Waals surface area (Å²) in [5, 5.41) is 4.83. The van der Waals surface area contributed by atoms with Gasteiger partial charge in [0.2, 0.25) is 27.3 Å². The lowest BCUT2D eigenvalue weighted by Crippen LogP contribution is -2.18. The van der Waals surface area contributed by atoms with Gasteiger partial charge in [-0.1, -0.05) is 116 Å². The molecule has 93 heavy (non-hydrogen) atoms. The first-order valence-corrected chi connectivity index (χ1v) is 33.3. The number of rotatable bonds is 12. The van der Waals surface area contributed by atoms with Crippen molar-refractivity contribution >= 4 is 111 Å². The van der Waals surface area contributed by atoms with Crippen LogP contribution in [0.2, 0.25) is 0 Å². The van der Waals surface area contributed by atoms with Gasteiger partial charge in [0.05, 0.1) is 32.5 Å². The molecule has 2 saturated carbocycles. The SMILES string of the molecule is CC.CC(=O)C(Cl)(Cl)Cl.CC(=O)C(F)(F)F.CC(=O)C1(C)CC1.CC(=O)C1CC1.CC(=O)N(C)C.CC(=O)Nc1ccccc1.CC(=O)c1cccc2ccccc12.CC(=O)n1ccnc1.CC(C)=O.CC1CCCCO1.CCOCCOC.CCOP(C)(=O)OCC. The molecular formula is C67H107Cl3F3N4O15P. The van der Waals surface area contributed by atoms with Crippen molar-refractivity contribution in [3.8, 4) is 0 Å². The van der Waals surface area contributed by atoms with Crippen LogP contribution in [-0.2, 0) is 61.4 Å². The quantitative estimate of drug-likeness (QED) is 0.0599. The Bertz CT molecular complexity index is 2640. The first-order valence-electron chi connectivity index (χ1n) is 30.2. The van der Waals surface area contributed by atoms with Crippen LogP contribution in [0.4, 0.5) is 18.9 Å². The van der Waals surface area contributed by atoms with Gasteiger partial charge in [-0.2, -0.15) is 13.2 Å². The maximum absolute atomic E-state index is 11.3. The fourth-order valence-electron chi connectivity index (χ4n) is 5.43. The number of aromatic nitrogens is 2. The van der Waals surface area contributed by atoms with E-state index in [2.05, 4.69) is 17.2 Å². The molecule has 1 aliphatic heterocycles. The minimum atomic E-state index is -4.64. The minimum Gasteiger partial charge on any atom is -0.382 e. The number of anilines is 1. The predicted octanol–water partition coefficient (Wildman–Crippen LogP) is 16.5. The number of imidazole rings is 1. The standard InChI is InChI=1S/C12H10O.C8H9NO.C6H10O.C6H12O.C5H6N2O.C5H13O3P.C5H12O2.C5H8O.C4H9NO.C3H3Cl3O.C3H3F3O.C3H6O.C2H6/c1-9(13)11-8-4-6-10-5-2-3-7-12(10)11;1-7(10)9-8-5-3-2-4-6-8;1-5(7)6(2)3-4-6;1-6-4-2-3-5-7-6;1-5(8)7-3-2-6-4-7;1-4-7-9(3,6)8-5-2;1-3-7-5-4-6-2;1-4(6)5-2-3-5;1-4(6)5(2)3;2*1-2(7)3(4,5)6;1-3(2)4;1-2/h2-8H,1H3;2-6H,1H3,(H,9,10);3-4H2,1-2H3;6H,2-5H2,1H3;2-4H,1H3;4-5H2,1-3H3;3-5H2,1-2H3;5H,2-3H2,1H3;1-3H3;2*1H3;1-2H3;1-2H3. The Morgan fingerprint density at radius 2 is 1.19 bits per heavy atom. The highest BCUT2D eigenvalue weighted by atomic mass is 35.6. The van der Waals surface area contributed by atoms with Crippen molar-refractivity contribution in [2.24, 2.45) is 11.3 Å². The van der Waals surface area contributed by atoms with E-state index in [1.807, 2.05) is 100 Å². The number of carbonyl (C=O) groups excluding carboxylic acids is 9. The van der Waals surface area contributed by atoms with Crippen LogP contribution >= 0.6 is 42.4 Å². The molecule has 3 aliphatic rings. The number of hydrogen-bond acceptors (Lipinski definition) is 16. The number of hydrogen-bond donors (Lipinski definition) is 1. The van der Waals surface area contributed by atoms with Crippen LogP contribution in [0.25, 0.3) is 10.8 Å². The lowest BCUT2D eigenvalue weighted by molar-refractivity contribution is -0.168. The average molecular weight is 1400 g/mol. The molecule has 0 bridgehead atoms. The largest absolute Gasteiger partial charge is 0.449 e. The topological polar surface area (TPSA) is 250 Å². The highest BCUT2D eigenvalue weighted by Gasteiger charge is 2.41. The van der Waals surface area contributed by atoms with Crippen LogP contribution in [0.1, 0.15) is 178 Å². The zero-order valence-corrected chi connectivity index (χ0v) is 61.8. The number of benzene rings is 3. The number of Topliss-reactive ketones (excluding diaryl/α,β-unsaturated/α-hetero) is 6. The fourth-order valence-corrected chi connectivity index (χ4v) is 6.44. The van der Waals surface area contributed by atoms with Gasteiger partial charge in [0.1, 0.15) is 23.7 Å². The van der Waals surface area contributed by atoms with Crippen LogP contribution in [0.15, 0.2) is 91.5 Å². The maximum atomic E-state index is 11.3. The summed E-state index contributed by atoms with van der Waals surface area (Å²) in [7, 11) is 2.42. The van der Waals surface area contributed by atoms with Gasteiger partial charge in [-0.3, -0.25) is 47.5 Å². The van der Waals surface area contributed by atoms with E-state index in [0.717, 1.165) is 60.9 Å². The summed E-state index contributed by atoms with van der Waals surface area (Å²) in [5.74, 6) is -0.696. The molecule has 532 valence electrons. The van der Waals surface area contributed by atoms with Crippen molar-refractivity contribution < 1.29 is 84.1 Å². The Balaban J connectivity index is -0.000000224. The zero-order valence-electron chi connectivity index (χ0n) is 58.7. The normalized spacial score (nSPS) is 13.3. The van der Waals surface area contributed by atoms with Crippen molar-refractivity contribution in [2.75, 3.05) is 72.8 Å². The number of para-hydroxylation sites is 1. The van der Waals surface area contributed by atoms with E-state index in [1.165, 1.54) is 83.3 Å². The molecule has 7 rings (SSSR count). The molecule has 0 radical (unpaired) electrons. The third-order valence-corrected chi connectivity index (χ3v) is 13.6. The van der Waals surface area contributed by atoms with E-state index in [9.17, 15) is 60.9 Å². The number of ether oxygens (including phenoxy) is 3. The van der Waals surface area contributed by atoms with E-state index in [0.29, 0.717) is 56.9 Å². The first-order chi connectivity index (χ1) is 43.0. The van der Waals surface area contributed by atoms with E-state index >= 15 is 0 Å². The lowest BCUT2D eigenvalue weighted by Gasteiger charge is -2.17. The van der Waals surface area contributed by atoms with E-state index in [-0.39, 0.29) is 34.7 Å². The Labute approximate surface area is 567 Å². The number of ketones is 6. The average Bonchev–Trinajstić information content (AvgIpc) is 1.83. The Hall–Kier alpha value is -5.55. The summed E-state index contributed by atoms with van der Waals surface area (Å²) in [5.41, 5.74) is 1.76. The summed E-state index contributed by atoms with van der Waals surface area (Å²) < 4.78 is 67.7. The van der Waals surface area contributed by atoms with Crippen molar-refractivity contribution in [3.63, 3.8) is 0 Å². The molecule has 3 fully saturated rings. The van der Waals surface area contributed by atoms with Gasteiger partial charge in [0, 0.05) is 104 Å². The van der Waals surface area contributed by atoms with Crippen molar-refractivity contribution in [3.05, 3.63) is 97.1 Å². The van der Waals surface area contributed by atoms with Gasteiger partial charge in [-0.05, 0) is 137 Å². The summed E-state index contributed by atoms with van der Waals surface area (Å²) in [6.07, 6.45) is 8.97. The van der Waals surface area contributed by atoms with E-state index in [4.69, 9.17) is 58.1 Å². The second kappa shape index (κ2) is 57.9. The van der Waals surface area contributed by atoms with Crippen LogP contribution in [0, 0.1) is 11.3 Å². The molecule has 0 spiro atoms. The van der Waals surface area contributed by atoms with Crippen molar-refractivity contribution in [1.82, 2.24) is 14.5 Å².